The fourth-order valence-corrected chi connectivity index (χ4v) is 1.42. The van der Waals surface area contributed by atoms with Crippen molar-refractivity contribution in [1.29, 1.82) is 5.26 Å². The number of hydrogen-bond acceptors (Lipinski definition) is 3. The Bertz CT molecular complexity index is 384. The summed E-state index contributed by atoms with van der Waals surface area (Å²) in [4.78, 5) is 0.298. The Balaban J connectivity index is 3.28. The summed E-state index contributed by atoms with van der Waals surface area (Å²) in [5.74, 6) is -0.743. The van der Waals surface area contributed by atoms with Gasteiger partial charge in [-0.15, -0.1) is 0 Å². The lowest BCUT2D eigenvalue weighted by Crippen LogP contribution is -1.83. The van der Waals surface area contributed by atoms with Crippen LogP contribution in [0.25, 0.3) is 0 Å². The Morgan fingerprint density at radius 1 is 1.62 bits per heavy atom. The first-order valence-electron chi connectivity index (χ1n) is 3.39. The van der Waals surface area contributed by atoms with Crippen LogP contribution in [0.5, 0.6) is 5.75 Å². The van der Waals surface area contributed by atoms with Crippen molar-refractivity contribution >= 4 is 11.8 Å². The second-order valence-corrected chi connectivity index (χ2v) is 3.21. The van der Waals surface area contributed by atoms with Gasteiger partial charge in [-0.3, -0.25) is 0 Å². The summed E-state index contributed by atoms with van der Waals surface area (Å²) in [5.41, 5.74) is -0.0654. The fraction of sp³-hybridized carbons (Fsp3) is 0. The second-order valence-electron chi connectivity index (χ2n) is 2.20. The van der Waals surface area contributed by atoms with Crippen LogP contribution in [-0.2, 0) is 0 Å². The molecule has 13 heavy (non-hydrogen) atoms. The van der Waals surface area contributed by atoms with Gasteiger partial charge in [-0.05, 0) is 17.5 Å². The number of nitrogens with zero attached hydrogens (tertiary/aromatic N) is 1. The molecule has 0 aliphatic carbocycles. The van der Waals surface area contributed by atoms with Crippen LogP contribution >= 0.6 is 11.8 Å². The van der Waals surface area contributed by atoms with Gasteiger partial charge in [-0.1, -0.05) is 18.3 Å². The average Bonchev–Trinajstić information content (AvgIpc) is 2.11. The Labute approximate surface area is 79.3 Å². The molecule has 66 valence electrons. The molecule has 0 bridgehead atoms. The topological polar surface area (TPSA) is 44.0 Å². The minimum absolute atomic E-state index is 0.0654. The van der Waals surface area contributed by atoms with E-state index in [4.69, 9.17) is 5.26 Å². The second kappa shape index (κ2) is 3.97. The Morgan fingerprint density at radius 2 is 2.31 bits per heavy atom. The lowest BCUT2D eigenvalue weighted by molar-refractivity contribution is 0.457. The van der Waals surface area contributed by atoms with Crippen LogP contribution in [-0.4, -0.2) is 5.11 Å². The first kappa shape index (κ1) is 9.62. The van der Waals surface area contributed by atoms with Crippen molar-refractivity contribution in [2.45, 2.75) is 4.90 Å². The summed E-state index contributed by atoms with van der Waals surface area (Å²) >= 11 is 1.07. The quantitative estimate of drug-likeness (QED) is 0.738. The molecule has 0 saturated heterocycles. The highest BCUT2D eigenvalue weighted by atomic mass is 32.2. The van der Waals surface area contributed by atoms with Crippen LogP contribution in [0.4, 0.5) is 4.39 Å². The SMILES string of the molecule is C=CSc1cc(F)cc(C#N)c1O. The van der Waals surface area contributed by atoms with Crippen LogP contribution in [0.15, 0.2) is 29.0 Å². The molecule has 0 radical (unpaired) electrons. The number of nitriles is 1. The van der Waals surface area contributed by atoms with E-state index < -0.39 is 5.82 Å². The molecule has 0 saturated carbocycles. The molecule has 1 rings (SSSR count). The van der Waals surface area contributed by atoms with Gasteiger partial charge in [0.25, 0.3) is 0 Å². The average molecular weight is 195 g/mol. The van der Waals surface area contributed by atoms with E-state index in [9.17, 15) is 9.50 Å². The number of aromatic hydroxyl groups is 1. The van der Waals surface area contributed by atoms with Gasteiger partial charge in [-0.2, -0.15) is 5.26 Å². The molecule has 1 N–H and O–H groups in total. The number of thioether (sulfide) groups is 1. The molecule has 4 heteroatoms. The highest BCUT2D eigenvalue weighted by molar-refractivity contribution is 8.02. The van der Waals surface area contributed by atoms with E-state index in [0.29, 0.717) is 4.90 Å². The molecule has 1 aromatic carbocycles. The zero-order valence-corrected chi connectivity index (χ0v) is 7.44. The number of phenols is 1. The van der Waals surface area contributed by atoms with E-state index in [-0.39, 0.29) is 11.3 Å². The van der Waals surface area contributed by atoms with Crippen LogP contribution < -0.4 is 0 Å². The maximum absolute atomic E-state index is 12.8. The summed E-state index contributed by atoms with van der Waals surface area (Å²) < 4.78 is 12.8. The standard InChI is InChI=1S/C9H6FNOS/c1-2-13-8-4-7(10)3-6(5-11)9(8)12/h2-4,12H,1H2. The monoisotopic (exact) mass is 195 g/mol. The van der Waals surface area contributed by atoms with Crippen molar-refractivity contribution in [3.05, 3.63) is 35.5 Å². The molecule has 0 aliphatic heterocycles. The largest absolute Gasteiger partial charge is 0.505 e. The van der Waals surface area contributed by atoms with Gasteiger partial charge in [0, 0.05) is 0 Å². The summed E-state index contributed by atoms with van der Waals surface area (Å²) in [7, 11) is 0. The smallest absolute Gasteiger partial charge is 0.147 e. The van der Waals surface area contributed by atoms with Crippen LogP contribution in [0.2, 0.25) is 0 Å². The third kappa shape index (κ3) is 2.01. The minimum Gasteiger partial charge on any atom is -0.505 e. The van der Waals surface area contributed by atoms with E-state index >= 15 is 0 Å². The Kier molecular flexibility index (Phi) is 2.93. The zero-order chi connectivity index (χ0) is 9.84. The Hall–Kier alpha value is -1.47. The van der Waals surface area contributed by atoms with Crippen LogP contribution in [0.3, 0.4) is 0 Å². The van der Waals surface area contributed by atoms with E-state index in [1.54, 1.807) is 6.07 Å². The summed E-state index contributed by atoms with van der Waals surface area (Å²) in [6.07, 6.45) is 0. The van der Waals surface area contributed by atoms with Gasteiger partial charge in [0.2, 0.25) is 0 Å². The molecular weight excluding hydrogens is 189 g/mol. The molecule has 0 aliphatic rings. The van der Waals surface area contributed by atoms with Gasteiger partial charge in [0.15, 0.2) is 0 Å². The van der Waals surface area contributed by atoms with Gasteiger partial charge in [-0.25, -0.2) is 4.39 Å². The predicted octanol–water partition coefficient (Wildman–Crippen LogP) is 2.64. The maximum atomic E-state index is 12.8. The number of phenolic OH excluding ortho intramolecular Hbond substituents is 1. The molecule has 1 aromatic rings. The molecule has 0 aromatic heterocycles. The molecule has 0 spiro atoms. The van der Waals surface area contributed by atoms with Crippen molar-refractivity contribution in [2.24, 2.45) is 0 Å². The van der Waals surface area contributed by atoms with Crippen LogP contribution in [0.1, 0.15) is 5.56 Å². The fourth-order valence-electron chi connectivity index (χ4n) is 0.839. The number of halogens is 1. The molecule has 0 atom stereocenters. The van der Waals surface area contributed by atoms with Gasteiger partial charge in [0.1, 0.15) is 17.6 Å². The van der Waals surface area contributed by atoms with Crippen molar-refractivity contribution in [2.75, 3.05) is 0 Å². The lowest BCUT2D eigenvalue weighted by Gasteiger charge is -2.02. The summed E-state index contributed by atoms with van der Waals surface area (Å²) in [6.45, 7) is 3.43. The van der Waals surface area contributed by atoms with Crippen molar-refractivity contribution in [1.82, 2.24) is 0 Å². The zero-order valence-electron chi connectivity index (χ0n) is 6.62. The normalized spacial score (nSPS) is 9.23. The van der Waals surface area contributed by atoms with E-state index in [1.807, 2.05) is 0 Å². The van der Waals surface area contributed by atoms with Crippen molar-refractivity contribution in [3.8, 4) is 11.8 Å². The third-order valence-electron chi connectivity index (χ3n) is 1.37. The van der Waals surface area contributed by atoms with Crippen LogP contribution in [0, 0.1) is 17.1 Å². The highest BCUT2D eigenvalue weighted by Gasteiger charge is 2.08. The van der Waals surface area contributed by atoms with Gasteiger partial charge >= 0.3 is 0 Å². The van der Waals surface area contributed by atoms with E-state index in [2.05, 4.69) is 6.58 Å². The molecule has 0 amide bonds. The maximum Gasteiger partial charge on any atom is 0.147 e. The molecular formula is C9H6FNOS. The number of benzene rings is 1. The first-order valence-corrected chi connectivity index (χ1v) is 4.27. The minimum atomic E-state index is -0.543. The van der Waals surface area contributed by atoms with E-state index in [1.165, 1.54) is 5.41 Å². The van der Waals surface area contributed by atoms with Gasteiger partial charge < -0.3 is 5.11 Å². The number of hydrogen-bond donors (Lipinski definition) is 1. The molecule has 0 unspecified atom stereocenters. The van der Waals surface area contributed by atoms with E-state index in [0.717, 1.165) is 23.9 Å². The Morgan fingerprint density at radius 3 is 2.85 bits per heavy atom. The highest BCUT2D eigenvalue weighted by Crippen LogP contribution is 2.32. The first-order chi connectivity index (χ1) is 6.19. The molecule has 2 nitrogen and oxygen atoms in total. The molecule has 0 heterocycles. The summed E-state index contributed by atoms with van der Waals surface area (Å²) in [6, 6.07) is 3.84. The number of rotatable bonds is 2. The molecule has 0 fully saturated rings. The lowest BCUT2D eigenvalue weighted by atomic mass is 10.2. The van der Waals surface area contributed by atoms with Crippen molar-refractivity contribution < 1.29 is 9.50 Å². The van der Waals surface area contributed by atoms with Gasteiger partial charge in [0.05, 0.1) is 10.5 Å². The predicted molar refractivity (Wildman–Crippen MR) is 48.8 cm³/mol. The summed E-state index contributed by atoms with van der Waals surface area (Å²) in [5, 5.41) is 19.4. The van der Waals surface area contributed by atoms with Crippen molar-refractivity contribution in [3.63, 3.8) is 0 Å². The third-order valence-corrected chi connectivity index (χ3v) is 2.10.